The average Bonchev–Trinajstić information content (AvgIpc) is 2.78. The normalized spacial score (nSPS) is 54.5. The molecular formula is C20H32O2. The van der Waals surface area contributed by atoms with Gasteiger partial charge in [0.15, 0.2) is 0 Å². The van der Waals surface area contributed by atoms with Gasteiger partial charge in [-0.1, -0.05) is 26.7 Å². The Bertz CT molecular complexity index is 472. The number of ether oxygens (including phenoxy) is 1. The van der Waals surface area contributed by atoms with E-state index in [0.717, 1.165) is 24.2 Å². The van der Waals surface area contributed by atoms with Crippen LogP contribution in [-0.2, 0) is 9.53 Å². The summed E-state index contributed by atoms with van der Waals surface area (Å²) in [6, 6.07) is 0. The molecule has 0 aromatic rings. The van der Waals surface area contributed by atoms with Crippen LogP contribution in [0.5, 0.6) is 0 Å². The highest BCUT2D eigenvalue weighted by Crippen LogP contribution is 2.65. The summed E-state index contributed by atoms with van der Waals surface area (Å²) in [7, 11) is 1.82. The van der Waals surface area contributed by atoms with Gasteiger partial charge in [0.05, 0.1) is 6.10 Å². The minimum atomic E-state index is -0.0836. The first-order valence-corrected chi connectivity index (χ1v) is 9.57. The minimum Gasteiger partial charge on any atom is -0.381 e. The number of fused-ring (bicyclic) bond motifs is 5. The average molecular weight is 304 g/mol. The van der Waals surface area contributed by atoms with Crippen LogP contribution in [0, 0.1) is 34.5 Å². The minimum absolute atomic E-state index is 0.0836. The molecule has 4 aliphatic carbocycles. The fraction of sp³-hybridized carbons (Fsp3) is 0.950. The van der Waals surface area contributed by atoms with E-state index in [0.29, 0.717) is 23.5 Å². The van der Waals surface area contributed by atoms with Crippen LogP contribution >= 0.6 is 0 Å². The van der Waals surface area contributed by atoms with Crippen molar-refractivity contribution in [3.63, 3.8) is 0 Å². The van der Waals surface area contributed by atoms with Crippen molar-refractivity contribution in [2.75, 3.05) is 7.11 Å². The predicted molar refractivity (Wildman–Crippen MR) is 87.5 cm³/mol. The van der Waals surface area contributed by atoms with Crippen molar-refractivity contribution in [1.29, 1.82) is 0 Å². The van der Waals surface area contributed by atoms with Gasteiger partial charge in [-0.25, -0.2) is 0 Å². The van der Waals surface area contributed by atoms with E-state index in [4.69, 9.17) is 4.74 Å². The van der Waals surface area contributed by atoms with Gasteiger partial charge in [-0.3, -0.25) is 4.79 Å². The predicted octanol–water partition coefficient (Wildman–Crippen LogP) is 4.61. The first-order chi connectivity index (χ1) is 10.5. The van der Waals surface area contributed by atoms with Crippen molar-refractivity contribution in [3.8, 4) is 0 Å². The zero-order valence-electron chi connectivity index (χ0n) is 14.6. The van der Waals surface area contributed by atoms with Crippen molar-refractivity contribution in [3.05, 3.63) is 0 Å². The van der Waals surface area contributed by atoms with E-state index in [1.54, 1.807) is 0 Å². The second-order valence-corrected chi connectivity index (χ2v) is 9.18. The summed E-state index contributed by atoms with van der Waals surface area (Å²) in [5, 5.41) is 0. The molecule has 0 unspecified atom stereocenters. The second-order valence-electron chi connectivity index (χ2n) is 9.18. The van der Waals surface area contributed by atoms with Crippen molar-refractivity contribution in [2.24, 2.45) is 34.5 Å². The number of carbonyl (C=O) groups is 1. The first kappa shape index (κ1) is 15.2. The van der Waals surface area contributed by atoms with E-state index in [1.807, 2.05) is 7.11 Å². The summed E-state index contributed by atoms with van der Waals surface area (Å²) in [4.78, 5) is 12.7. The monoisotopic (exact) mass is 304 g/mol. The third-order valence-corrected chi connectivity index (χ3v) is 8.56. The summed E-state index contributed by atoms with van der Waals surface area (Å²) < 4.78 is 5.81. The van der Waals surface area contributed by atoms with Crippen LogP contribution in [0.3, 0.4) is 0 Å². The lowest BCUT2D eigenvalue weighted by molar-refractivity contribution is -0.144. The highest BCUT2D eigenvalue weighted by molar-refractivity contribution is 5.88. The molecule has 0 heterocycles. The fourth-order valence-electron chi connectivity index (χ4n) is 7.33. The van der Waals surface area contributed by atoms with Crippen LogP contribution < -0.4 is 0 Å². The molecule has 0 aromatic heterocycles. The van der Waals surface area contributed by atoms with E-state index < -0.39 is 0 Å². The number of carbonyl (C=O) groups excluding carboxylic acids is 1. The molecule has 4 saturated carbocycles. The lowest BCUT2D eigenvalue weighted by atomic mass is 9.45. The standard InChI is InChI=1S/C20H32O2/c1-19-10-5-4-6-13(19)7-8-14-15(19)9-11-20(2)17(21)12-16(22-3)18(14)20/h13-16,18H,4-12H2,1-3H3/t13-,14+,15-,16-,18+,19+,20+/m1/s1. The lowest BCUT2D eigenvalue weighted by Gasteiger charge is -2.60. The van der Waals surface area contributed by atoms with Gasteiger partial charge in [0.25, 0.3) is 0 Å². The van der Waals surface area contributed by atoms with Gasteiger partial charge in [0, 0.05) is 24.9 Å². The lowest BCUT2D eigenvalue weighted by Crippen LogP contribution is -2.54. The molecule has 0 bridgehead atoms. The molecule has 0 radical (unpaired) electrons. The Labute approximate surface area is 135 Å². The molecule has 124 valence electrons. The van der Waals surface area contributed by atoms with E-state index >= 15 is 0 Å². The Balaban J connectivity index is 1.69. The molecule has 4 fully saturated rings. The maximum atomic E-state index is 12.7. The fourth-order valence-corrected chi connectivity index (χ4v) is 7.33. The Hall–Kier alpha value is -0.370. The third-order valence-electron chi connectivity index (χ3n) is 8.56. The van der Waals surface area contributed by atoms with Crippen molar-refractivity contribution in [2.45, 2.75) is 77.7 Å². The molecule has 7 atom stereocenters. The maximum absolute atomic E-state index is 12.7. The van der Waals surface area contributed by atoms with Gasteiger partial charge in [-0.15, -0.1) is 0 Å². The molecule has 0 N–H and O–H groups in total. The zero-order valence-corrected chi connectivity index (χ0v) is 14.6. The Morgan fingerprint density at radius 2 is 1.86 bits per heavy atom. The van der Waals surface area contributed by atoms with E-state index in [1.165, 1.54) is 44.9 Å². The largest absolute Gasteiger partial charge is 0.381 e. The number of methoxy groups -OCH3 is 1. The van der Waals surface area contributed by atoms with Gasteiger partial charge in [-0.2, -0.15) is 0 Å². The van der Waals surface area contributed by atoms with Gasteiger partial charge in [0.1, 0.15) is 5.78 Å². The molecule has 2 nitrogen and oxygen atoms in total. The van der Waals surface area contributed by atoms with Crippen LogP contribution in [0.2, 0.25) is 0 Å². The smallest absolute Gasteiger partial charge is 0.141 e. The molecule has 22 heavy (non-hydrogen) atoms. The van der Waals surface area contributed by atoms with Gasteiger partial charge < -0.3 is 4.74 Å². The second kappa shape index (κ2) is 5.06. The van der Waals surface area contributed by atoms with Gasteiger partial charge in [0.2, 0.25) is 0 Å². The number of hydrogen-bond donors (Lipinski definition) is 0. The van der Waals surface area contributed by atoms with Crippen LogP contribution in [0.25, 0.3) is 0 Å². The topological polar surface area (TPSA) is 26.3 Å². The third kappa shape index (κ3) is 1.85. The summed E-state index contributed by atoms with van der Waals surface area (Å²) >= 11 is 0. The Morgan fingerprint density at radius 1 is 1.05 bits per heavy atom. The Morgan fingerprint density at radius 3 is 2.64 bits per heavy atom. The van der Waals surface area contributed by atoms with Crippen molar-refractivity contribution >= 4 is 5.78 Å². The van der Waals surface area contributed by atoms with Gasteiger partial charge >= 0.3 is 0 Å². The van der Waals surface area contributed by atoms with Crippen molar-refractivity contribution < 1.29 is 9.53 Å². The SMILES string of the molecule is CO[C@@H]1CC(=O)[C@]2(C)CC[C@@H]3[C@H](CC[C@H]4CCCC[C@@]43C)[C@@H]12. The Kier molecular flexibility index (Phi) is 3.49. The van der Waals surface area contributed by atoms with Crippen molar-refractivity contribution in [1.82, 2.24) is 0 Å². The molecule has 2 heteroatoms. The zero-order chi connectivity index (χ0) is 15.5. The number of rotatable bonds is 1. The van der Waals surface area contributed by atoms with E-state index in [9.17, 15) is 4.79 Å². The number of hydrogen-bond acceptors (Lipinski definition) is 2. The highest BCUT2D eigenvalue weighted by Gasteiger charge is 2.62. The molecule has 0 aliphatic heterocycles. The molecule has 0 amide bonds. The van der Waals surface area contributed by atoms with Crippen LogP contribution in [0.1, 0.15) is 71.6 Å². The van der Waals surface area contributed by atoms with Crippen LogP contribution in [0.4, 0.5) is 0 Å². The molecule has 4 rings (SSSR count). The highest BCUT2D eigenvalue weighted by atomic mass is 16.5. The summed E-state index contributed by atoms with van der Waals surface area (Å²) in [5.41, 5.74) is 0.464. The molecular weight excluding hydrogens is 272 g/mol. The molecule has 4 aliphatic rings. The van der Waals surface area contributed by atoms with Crippen LogP contribution in [-0.4, -0.2) is 19.0 Å². The molecule has 0 aromatic carbocycles. The van der Waals surface area contributed by atoms with E-state index in [2.05, 4.69) is 13.8 Å². The summed E-state index contributed by atoms with van der Waals surface area (Å²) in [6.45, 7) is 4.85. The van der Waals surface area contributed by atoms with Crippen LogP contribution in [0.15, 0.2) is 0 Å². The number of ketones is 1. The summed E-state index contributed by atoms with van der Waals surface area (Å²) in [6.07, 6.45) is 11.7. The number of Topliss-reactive ketones (excluding diaryl/α,β-unsaturated/α-hetero) is 1. The first-order valence-electron chi connectivity index (χ1n) is 9.57. The molecule has 0 saturated heterocycles. The van der Waals surface area contributed by atoms with Gasteiger partial charge in [-0.05, 0) is 61.7 Å². The molecule has 0 spiro atoms. The maximum Gasteiger partial charge on any atom is 0.141 e. The quantitative estimate of drug-likeness (QED) is 0.707. The van der Waals surface area contributed by atoms with E-state index in [-0.39, 0.29) is 11.5 Å². The summed E-state index contributed by atoms with van der Waals surface area (Å²) in [5.74, 6) is 3.50.